The van der Waals surface area contributed by atoms with Crippen LogP contribution in [0.5, 0.6) is 0 Å². The molecule has 0 aromatic heterocycles. The first-order chi connectivity index (χ1) is 16.1. The standard InChI is InChI=1S/C16H7F18IO2/c17-11(18,19)9(12(20,21)22,13(23,24)25)36-4-6-1-7(3-8(35)2-6)5-37-10(14(26,27)28,15(29,30)31)16(32,33)34/h1-3H,4-5H2. The van der Waals surface area contributed by atoms with E-state index in [0.29, 0.717) is 12.1 Å². The second-order valence-electron chi connectivity index (χ2n) is 6.89. The Labute approximate surface area is 206 Å². The van der Waals surface area contributed by atoms with Gasteiger partial charge in [0.1, 0.15) is 0 Å². The number of hydrogen-bond donors (Lipinski definition) is 0. The van der Waals surface area contributed by atoms with Gasteiger partial charge in [-0.15, -0.1) is 0 Å². The van der Waals surface area contributed by atoms with Crippen molar-refractivity contribution in [1.29, 1.82) is 0 Å². The van der Waals surface area contributed by atoms with Crippen molar-refractivity contribution in [3.8, 4) is 0 Å². The fraction of sp³-hybridized carbons (Fsp3) is 0.625. The lowest BCUT2D eigenvalue weighted by Crippen LogP contribution is -2.67. The number of rotatable bonds is 6. The molecule has 0 spiro atoms. The van der Waals surface area contributed by atoms with E-state index in [0.717, 1.165) is 22.6 Å². The van der Waals surface area contributed by atoms with Crippen LogP contribution in [0.25, 0.3) is 0 Å². The van der Waals surface area contributed by atoms with Gasteiger partial charge in [-0.3, -0.25) is 0 Å². The van der Waals surface area contributed by atoms with Gasteiger partial charge in [-0.25, -0.2) is 0 Å². The summed E-state index contributed by atoms with van der Waals surface area (Å²) in [6.07, 6.45) is -43.0. The third-order valence-electron chi connectivity index (χ3n) is 4.32. The monoisotopic (exact) mass is 700 g/mol. The Hall–Kier alpha value is -1.39. The number of benzene rings is 1. The van der Waals surface area contributed by atoms with Gasteiger partial charge in [-0.05, 0) is 45.9 Å². The Morgan fingerprint density at radius 1 is 0.432 bits per heavy atom. The van der Waals surface area contributed by atoms with Crippen LogP contribution in [-0.2, 0) is 22.7 Å². The van der Waals surface area contributed by atoms with E-state index in [9.17, 15) is 79.0 Å². The Bertz CT molecular complexity index is 790. The Kier molecular flexibility index (Phi) is 9.07. The SMILES string of the molecule is FC(F)(F)C(OCc1cc(I)cc(COC(C(F)(F)F)(C(F)(F)F)C(F)(F)F)c1)(C(F)(F)F)C(F)(F)F. The molecule has 21 heteroatoms. The average Bonchev–Trinajstić information content (AvgIpc) is 2.54. The maximum Gasteiger partial charge on any atom is 0.435 e. The van der Waals surface area contributed by atoms with Gasteiger partial charge in [0.25, 0.3) is 0 Å². The fourth-order valence-electron chi connectivity index (χ4n) is 2.72. The molecule has 1 rings (SSSR count). The van der Waals surface area contributed by atoms with E-state index in [1.807, 2.05) is 0 Å². The minimum absolute atomic E-state index is 0.0872. The summed E-state index contributed by atoms with van der Waals surface area (Å²) >= 11 is 1.10. The lowest BCUT2D eigenvalue weighted by atomic mass is 10.0. The van der Waals surface area contributed by atoms with Gasteiger partial charge in [0.05, 0.1) is 13.2 Å². The summed E-state index contributed by atoms with van der Waals surface area (Å²) in [5.41, 5.74) is -15.8. The largest absolute Gasteiger partial charge is 0.435 e. The van der Waals surface area contributed by atoms with Gasteiger partial charge in [0.15, 0.2) is 0 Å². The molecule has 0 fully saturated rings. The van der Waals surface area contributed by atoms with E-state index in [2.05, 4.69) is 9.47 Å². The van der Waals surface area contributed by atoms with Crippen molar-refractivity contribution < 1.29 is 88.5 Å². The highest BCUT2D eigenvalue weighted by atomic mass is 127. The molecule has 0 heterocycles. The highest BCUT2D eigenvalue weighted by Gasteiger charge is 2.86. The molecule has 0 unspecified atom stereocenters. The van der Waals surface area contributed by atoms with Crippen molar-refractivity contribution in [2.45, 2.75) is 61.5 Å². The van der Waals surface area contributed by atoms with E-state index >= 15 is 0 Å². The zero-order chi connectivity index (χ0) is 29.7. The number of halogens is 19. The number of ether oxygens (including phenoxy) is 2. The average molecular weight is 700 g/mol. The first-order valence-electron chi connectivity index (χ1n) is 8.52. The quantitative estimate of drug-likeness (QED) is 0.220. The molecule has 2 nitrogen and oxygen atoms in total. The summed E-state index contributed by atoms with van der Waals surface area (Å²) in [7, 11) is 0. The van der Waals surface area contributed by atoms with E-state index in [4.69, 9.17) is 0 Å². The lowest BCUT2D eigenvalue weighted by molar-refractivity contribution is -0.460. The third-order valence-corrected chi connectivity index (χ3v) is 4.95. The highest BCUT2D eigenvalue weighted by molar-refractivity contribution is 14.1. The highest BCUT2D eigenvalue weighted by Crippen LogP contribution is 2.56. The lowest BCUT2D eigenvalue weighted by Gasteiger charge is -2.38. The van der Waals surface area contributed by atoms with Crippen LogP contribution in [0.4, 0.5) is 79.0 Å². The molecule has 0 N–H and O–H groups in total. The van der Waals surface area contributed by atoms with Gasteiger partial charge in [-0.1, -0.05) is 6.07 Å². The molecule has 0 radical (unpaired) electrons. The summed E-state index contributed by atoms with van der Waals surface area (Å²) in [4.78, 5) is 0. The normalized spacial score (nSPS) is 15.3. The van der Waals surface area contributed by atoms with Crippen molar-refractivity contribution in [1.82, 2.24) is 0 Å². The first kappa shape index (κ1) is 33.6. The first-order valence-corrected chi connectivity index (χ1v) is 9.59. The van der Waals surface area contributed by atoms with Crippen molar-refractivity contribution in [2.75, 3.05) is 0 Å². The molecule has 0 aliphatic carbocycles. The molecular formula is C16H7F18IO2. The second kappa shape index (κ2) is 9.97. The van der Waals surface area contributed by atoms with Gasteiger partial charge in [-0.2, -0.15) is 79.0 Å². The predicted molar refractivity (Wildman–Crippen MR) is 90.5 cm³/mol. The maximum absolute atomic E-state index is 12.9. The van der Waals surface area contributed by atoms with Crippen LogP contribution in [0.15, 0.2) is 18.2 Å². The predicted octanol–water partition coefficient (Wildman–Crippen LogP) is 8.18. The summed E-state index contributed by atoms with van der Waals surface area (Å²) in [6, 6.07) is 1.06. The summed E-state index contributed by atoms with van der Waals surface area (Å²) in [6.45, 7) is -4.49. The molecule has 0 saturated heterocycles. The molecule has 0 atom stereocenters. The van der Waals surface area contributed by atoms with Crippen LogP contribution >= 0.6 is 22.6 Å². The molecule has 0 aliphatic rings. The minimum atomic E-state index is -7.16. The van der Waals surface area contributed by atoms with Gasteiger partial charge < -0.3 is 9.47 Å². The van der Waals surface area contributed by atoms with Gasteiger partial charge in [0.2, 0.25) is 0 Å². The molecule has 0 amide bonds. The van der Waals surface area contributed by atoms with Gasteiger partial charge >= 0.3 is 48.3 Å². The van der Waals surface area contributed by atoms with E-state index < -0.39 is 76.2 Å². The van der Waals surface area contributed by atoms with E-state index in [-0.39, 0.29) is 6.07 Å². The Balaban J connectivity index is 3.48. The molecule has 37 heavy (non-hydrogen) atoms. The zero-order valence-corrected chi connectivity index (χ0v) is 18.8. The van der Waals surface area contributed by atoms with Gasteiger partial charge in [0, 0.05) is 3.57 Å². The molecule has 1 aromatic carbocycles. The fourth-order valence-corrected chi connectivity index (χ4v) is 3.52. The topological polar surface area (TPSA) is 18.5 Å². The van der Waals surface area contributed by atoms with Crippen molar-refractivity contribution in [2.24, 2.45) is 0 Å². The van der Waals surface area contributed by atoms with Crippen molar-refractivity contribution in [3.05, 3.63) is 32.9 Å². The molecule has 0 saturated carbocycles. The number of alkyl halides is 18. The smallest absolute Gasteiger partial charge is 0.346 e. The third kappa shape index (κ3) is 6.27. The summed E-state index contributed by atoms with van der Waals surface area (Å²) < 4.78 is 238. The molecule has 216 valence electrons. The Morgan fingerprint density at radius 2 is 0.649 bits per heavy atom. The van der Waals surface area contributed by atoms with E-state index in [1.54, 1.807) is 0 Å². The van der Waals surface area contributed by atoms with Crippen LogP contribution in [0.2, 0.25) is 0 Å². The van der Waals surface area contributed by atoms with Crippen molar-refractivity contribution in [3.63, 3.8) is 0 Å². The van der Waals surface area contributed by atoms with Crippen LogP contribution in [0, 0.1) is 3.57 Å². The minimum Gasteiger partial charge on any atom is -0.346 e. The summed E-state index contributed by atoms with van der Waals surface area (Å²) in [5.74, 6) is 0. The van der Waals surface area contributed by atoms with E-state index in [1.165, 1.54) is 0 Å². The molecule has 0 aliphatic heterocycles. The zero-order valence-electron chi connectivity index (χ0n) is 16.6. The van der Waals surface area contributed by atoms with Crippen LogP contribution < -0.4 is 0 Å². The van der Waals surface area contributed by atoms with Crippen LogP contribution in [0.3, 0.4) is 0 Å². The molecular weight excluding hydrogens is 693 g/mol. The second-order valence-corrected chi connectivity index (χ2v) is 8.14. The van der Waals surface area contributed by atoms with Crippen molar-refractivity contribution >= 4 is 22.6 Å². The number of hydrogen-bond acceptors (Lipinski definition) is 2. The summed E-state index contributed by atoms with van der Waals surface area (Å²) in [5, 5.41) is 0. The van der Waals surface area contributed by atoms with Crippen LogP contribution in [-0.4, -0.2) is 48.3 Å². The molecule has 1 aromatic rings. The Morgan fingerprint density at radius 3 is 0.838 bits per heavy atom. The maximum atomic E-state index is 12.9. The molecule has 0 bridgehead atoms. The van der Waals surface area contributed by atoms with Crippen LogP contribution in [0.1, 0.15) is 11.1 Å².